The fourth-order valence-corrected chi connectivity index (χ4v) is 1.09. The van der Waals surface area contributed by atoms with Crippen molar-refractivity contribution in [3.05, 3.63) is 46.3 Å². The number of benzene rings is 1. The van der Waals surface area contributed by atoms with E-state index in [0.717, 1.165) is 5.56 Å². The van der Waals surface area contributed by atoms with Crippen LogP contribution in [0.15, 0.2) is 35.5 Å². The van der Waals surface area contributed by atoms with Crippen molar-refractivity contribution < 1.29 is 4.79 Å². The van der Waals surface area contributed by atoms with Crippen LogP contribution < -0.4 is 11.1 Å². The number of carbonyl (C=O) groups excluding carboxylic acids is 1. The number of amides is 2. The van der Waals surface area contributed by atoms with Crippen molar-refractivity contribution in [3.8, 4) is 0 Å². The Hall–Kier alpha value is -2.46. The van der Waals surface area contributed by atoms with Crippen LogP contribution in [-0.2, 0) is 0 Å². The molecule has 0 radical (unpaired) electrons. The lowest BCUT2D eigenvalue weighted by atomic mass is 10.2. The molecule has 1 rings (SSSR count). The van der Waals surface area contributed by atoms with Crippen LogP contribution in [0.3, 0.4) is 0 Å². The van der Waals surface area contributed by atoms with Crippen LogP contribution >= 0.6 is 0 Å². The smallest absolute Gasteiger partial charge is 0.316 e. The van der Waals surface area contributed by atoms with Gasteiger partial charge in [-0.3, -0.25) is 0 Å². The monoisotopic (exact) mass is 217 g/mol. The third kappa shape index (κ3) is 4.17. The molecule has 0 saturated carbocycles. The van der Waals surface area contributed by atoms with E-state index in [0.29, 0.717) is 12.2 Å². The molecule has 0 spiro atoms. The molecule has 1 aromatic carbocycles. The molecular weight excluding hydrogens is 206 g/mol. The predicted octanol–water partition coefficient (Wildman–Crippen LogP) is 2.50. The summed E-state index contributed by atoms with van der Waals surface area (Å²) in [4.78, 5) is 13.2. The van der Waals surface area contributed by atoms with Crippen molar-refractivity contribution in [2.75, 3.05) is 11.9 Å². The summed E-state index contributed by atoms with van der Waals surface area (Å²) in [5.41, 5.74) is 14.6. The van der Waals surface area contributed by atoms with Crippen LogP contribution in [0.1, 0.15) is 5.56 Å². The largest absolute Gasteiger partial charge is 0.351 e. The summed E-state index contributed by atoms with van der Waals surface area (Å²) < 4.78 is 0. The lowest BCUT2D eigenvalue weighted by Gasteiger charge is -2.01. The Morgan fingerprint density at radius 3 is 2.75 bits per heavy atom. The minimum Gasteiger partial charge on any atom is -0.351 e. The van der Waals surface area contributed by atoms with Gasteiger partial charge in [0.1, 0.15) is 0 Å². The van der Waals surface area contributed by atoms with Gasteiger partial charge in [0.15, 0.2) is 0 Å². The SMILES string of the molecule is [N-]=[N+]=NCC=Cc1ccc(NC(N)=O)cc1. The van der Waals surface area contributed by atoms with Crippen molar-refractivity contribution in [2.24, 2.45) is 10.8 Å². The molecule has 6 nitrogen and oxygen atoms in total. The van der Waals surface area contributed by atoms with Crippen molar-refractivity contribution >= 4 is 17.8 Å². The van der Waals surface area contributed by atoms with Crippen LogP contribution in [0.5, 0.6) is 0 Å². The normalized spacial score (nSPS) is 9.75. The van der Waals surface area contributed by atoms with Gasteiger partial charge in [0.2, 0.25) is 0 Å². The van der Waals surface area contributed by atoms with E-state index in [1.54, 1.807) is 18.2 Å². The number of primary amides is 1. The highest BCUT2D eigenvalue weighted by Gasteiger charge is 1.94. The van der Waals surface area contributed by atoms with E-state index in [1.807, 2.05) is 18.2 Å². The summed E-state index contributed by atoms with van der Waals surface area (Å²) in [7, 11) is 0. The number of hydrogen-bond acceptors (Lipinski definition) is 2. The number of nitrogens with one attached hydrogen (secondary N) is 1. The standard InChI is InChI=1S/C10H11N5O/c11-10(16)14-9-5-3-8(4-6-9)2-1-7-13-15-12/h1-6H,7H2,(H3,11,14,16). The van der Waals surface area contributed by atoms with Crippen LogP contribution in [0.2, 0.25) is 0 Å². The van der Waals surface area contributed by atoms with Crippen molar-refractivity contribution in [1.82, 2.24) is 0 Å². The van der Waals surface area contributed by atoms with E-state index >= 15 is 0 Å². The summed E-state index contributed by atoms with van der Waals surface area (Å²) >= 11 is 0. The van der Waals surface area contributed by atoms with Gasteiger partial charge in [0, 0.05) is 17.1 Å². The molecule has 16 heavy (non-hydrogen) atoms. The van der Waals surface area contributed by atoms with Crippen LogP contribution in [0.4, 0.5) is 10.5 Å². The number of nitrogens with two attached hydrogens (primary N) is 1. The van der Waals surface area contributed by atoms with Crippen molar-refractivity contribution in [2.45, 2.75) is 0 Å². The molecule has 0 bridgehead atoms. The number of nitrogens with zero attached hydrogens (tertiary/aromatic N) is 3. The van der Waals surface area contributed by atoms with Gasteiger partial charge in [-0.05, 0) is 23.2 Å². The first-order valence-corrected chi connectivity index (χ1v) is 4.56. The van der Waals surface area contributed by atoms with Gasteiger partial charge < -0.3 is 11.1 Å². The molecule has 0 aliphatic rings. The van der Waals surface area contributed by atoms with Crippen LogP contribution in [0.25, 0.3) is 16.5 Å². The first-order valence-electron chi connectivity index (χ1n) is 4.56. The maximum Gasteiger partial charge on any atom is 0.316 e. The molecule has 3 N–H and O–H groups in total. The van der Waals surface area contributed by atoms with Crippen molar-refractivity contribution in [1.29, 1.82) is 0 Å². The highest BCUT2D eigenvalue weighted by Crippen LogP contribution is 2.10. The van der Waals surface area contributed by atoms with E-state index in [1.165, 1.54) is 0 Å². The first-order chi connectivity index (χ1) is 7.72. The average molecular weight is 217 g/mol. The Morgan fingerprint density at radius 2 is 2.19 bits per heavy atom. The van der Waals surface area contributed by atoms with Gasteiger partial charge in [-0.1, -0.05) is 29.4 Å². The Morgan fingerprint density at radius 1 is 1.50 bits per heavy atom. The van der Waals surface area contributed by atoms with E-state index in [2.05, 4.69) is 15.3 Å². The lowest BCUT2D eigenvalue weighted by Crippen LogP contribution is -2.19. The number of hydrogen-bond donors (Lipinski definition) is 2. The molecule has 0 saturated heterocycles. The van der Waals surface area contributed by atoms with E-state index < -0.39 is 6.03 Å². The van der Waals surface area contributed by atoms with Gasteiger partial charge in [-0.2, -0.15) is 0 Å². The third-order valence-corrected chi connectivity index (χ3v) is 1.74. The summed E-state index contributed by atoms with van der Waals surface area (Å²) in [6.45, 7) is 0.317. The molecule has 0 aliphatic heterocycles. The molecule has 0 fully saturated rings. The number of urea groups is 1. The number of rotatable bonds is 4. The van der Waals surface area contributed by atoms with Gasteiger partial charge >= 0.3 is 6.03 Å². The number of carbonyl (C=O) groups is 1. The van der Waals surface area contributed by atoms with E-state index in [4.69, 9.17) is 11.3 Å². The Labute approximate surface area is 92.4 Å². The molecule has 2 amide bonds. The summed E-state index contributed by atoms with van der Waals surface area (Å²) in [5, 5.41) is 5.82. The van der Waals surface area contributed by atoms with Crippen LogP contribution in [-0.4, -0.2) is 12.6 Å². The van der Waals surface area contributed by atoms with E-state index in [-0.39, 0.29) is 0 Å². The molecule has 0 aromatic heterocycles. The van der Waals surface area contributed by atoms with Gasteiger partial charge in [-0.25, -0.2) is 4.79 Å². The zero-order valence-electron chi connectivity index (χ0n) is 8.50. The molecule has 82 valence electrons. The third-order valence-electron chi connectivity index (χ3n) is 1.74. The van der Waals surface area contributed by atoms with Gasteiger partial charge in [-0.15, -0.1) is 0 Å². The highest BCUT2D eigenvalue weighted by molar-refractivity contribution is 5.87. The average Bonchev–Trinajstić information content (AvgIpc) is 2.26. The predicted molar refractivity (Wildman–Crippen MR) is 62.7 cm³/mol. The topological polar surface area (TPSA) is 104 Å². The highest BCUT2D eigenvalue weighted by atomic mass is 16.2. The molecule has 0 atom stereocenters. The fourth-order valence-electron chi connectivity index (χ4n) is 1.09. The van der Waals surface area contributed by atoms with Crippen LogP contribution in [0, 0.1) is 0 Å². The Kier molecular flexibility index (Phi) is 4.43. The van der Waals surface area contributed by atoms with E-state index in [9.17, 15) is 4.79 Å². The fraction of sp³-hybridized carbons (Fsp3) is 0.100. The molecule has 1 aromatic rings. The molecular formula is C10H11N5O. The minimum absolute atomic E-state index is 0.317. The molecule has 0 heterocycles. The summed E-state index contributed by atoms with van der Waals surface area (Å²) in [6, 6.07) is 6.51. The minimum atomic E-state index is -0.591. The first kappa shape index (κ1) is 11.6. The summed E-state index contributed by atoms with van der Waals surface area (Å²) in [6.07, 6.45) is 3.57. The maximum absolute atomic E-state index is 10.5. The molecule has 0 unspecified atom stereocenters. The number of azide groups is 1. The van der Waals surface area contributed by atoms with Gasteiger partial charge in [0.25, 0.3) is 0 Å². The Balaban J connectivity index is 2.60. The molecule has 0 aliphatic carbocycles. The summed E-state index contributed by atoms with van der Waals surface area (Å²) in [5.74, 6) is 0. The van der Waals surface area contributed by atoms with Crippen molar-refractivity contribution in [3.63, 3.8) is 0 Å². The lowest BCUT2D eigenvalue weighted by molar-refractivity contribution is 0.259. The zero-order valence-corrected chi connectivity index (χ0v) is 8.50. The molecule has 6 heteroatoms. The second-order valence-corrected chi connectivity index (χ2v) is 2.93. The quantitative estimate of drug-likeness (QED) is 0.451. The number of anilines is 1. The van der Waals surface area contributed by atoms with Gasteiger partial charge in [0.05, 0.1) is 0 Å². The second-order valence-electron chi connectivity index (χ2n) is 2.93. The Bertz CT molecular complexity index is 431. The maximum atomic E-state index is 10.5. The second kappa shape index (κ2) is 6.10. The zero-order chi connectivity index (χ0) is 11.8.